The number of carbonyl (C=O) groups is 1. The number of hydrogen-bond acceptors (Lipinski definition) is 3. The average molecular weight is 351 g/mol. The zero-order valence-electron chi connectivity index (χ0n) is 9.84. The first-order valence-corrected chi connectivity index (χ1v) is 7.80. The van der Waals surface area contributed by atoms with Crippen molar-refractivity contribution in [1.29, 1.82) is 0 Å². The fourth-order valence-electron chi connectivity index (χ4n) is 1.97. The van der Waals surface area contributed by atoms with Crippen molar-refractivity contribution in [2.24, 2.45) is 11.7 Å². The van der Waals surface area contributed by atoms with Crippen LogP contribution in [0.5, 0.6) is 0 Å². The molecule has 1 amide bonds. The molecule has 0 aliphatic carbocycles. The van der Waals surface area contributed by atoms with Gasteiger partial charge >= 0.3 is 0 Å². The van der Waals surface area contributed by atoms with Gasteiger partial charge in [-0.1, -0.05) is 0 Å². The topological polar surface area (TPSA) is 80.5 Å². The number of hydrogen-bond donors (Lipinski definition) is 1. The Balaban J connectivity index is 2.28. The summed E-state index contributed by atoms with van der Waals surface area (Å²) < 4.78 is 39.3. The largest absolute Gasteiger partial charge is 0.369 e. The number of halogens is 2. The third-order valence-corrected chi connectivity index (χ3v) is 5.59. The molecule has 5 nitrogen and oxygen atoms in total. The third kappa shape index (κ3) is 2.80. The summed E-state index contributed by atoms with van der Waals surface area (Å²) in [7, 11) is -3.78. The molecule has 0 spiro atoms. The Labute approximate surface area is 118 Å². The molecule has 0 radical (unpaired) electrons. The molecule has 8 heteroatoms. The smallest absolute Gasteiger partial charge is 0.243 e. The van der Waals surface area contributed by atoms with Gasteiger partial charge < -0.3 is 5.73 Å². The Morgan fingerprint density at radius 2 is 2.16 bits per heavy atom. The molecule has 2 rings (SSSR count). The lowest BCUT2D eigenvalue weighted by Crippen LogP contribution is -2.31. The molecule has 1 aromatic rings. The minimum Gasteiger partial charge on any atom is -0.369 e. The van der Waals surface area contributed by atoms with E-state index < -0.39 is 27.7 Å². The highest BCUT2D eigenvalue weighted by atomic mass is 79.9. The first kappa shape index (κ1) is 14.4. The van der Waals surface area contributed by atoms with E-state index in [1.54, 1.807) is 0 Å². The minimum atomic E-state index is -3.78. The van der Waals surface area contributed by atoms with Crippen LogP contribution >= 0.6 is 15.9 Å². The van der Waals surface area contributed by atoms with Crippen LogP contribution in [0.3, 0.4) is 0 Å². The van der Waals surface area contributed by atoms with E-state index >= 15 is 0 Å². The van der Waals surface area contributed by atoms with Gasteiger partial charge in [0.15, 0.2) is 0 Å². The maximum atomic E-state index is 13.4. The molecule has 1 heterocycles. The lowest BCUT2D eigenvalue weighted by atomic mass is 10.1. The number of amides is 1. The van der Waals surface area contributed by atoms with E-state index in [9.17, 15) is 17.6 Å². The van der Waals surface area contributed by atoms with Crippen molar-refractivity contribution in [3.05, 3.63) is 28.5 Å². The first-order valence-electron chi connectivity index (χ1n) is 5.57. The molecular formula is C11H12BrFN2O3S. The normalized spacial score (nSPS) is 20.6. The van der Waals surface area contributed by atoms with Crippen LogP contribution in [-0.2, 0) is 14.8 Å². The van der Waals surface area contributed by atoms with Gasteiger partial charge in [0, 0.05) is 13.1 Å². The van der Waals surface area contributed by atoms with Crippen LogP contribution in [0.15, 0.2) is 27.6 Å². The van der Waals surface area contributed by atoms with Crippen molar-refractivity contribution in [1.82, 2.24) is 4.31 Å². The second kappa shape index (κ2) is 5.18. The molecule has 2 N–H and O–H groups in total. The lowest BCUT2D eigenvalue weighted by Gasteiger charge is -2.16. The van der Waals surface area contributed by atoms with Gasteiger partial charge in [0.1, 0.15) is 5.82 Å². The molecule has 1 aliphatic heterocycles. The van der Waals surface area contributed by atoms with Crippen LogP contribution in [0.4, 0.5) is 4.39 Å². The highest BCUT2D eigenvalue weighted by Gasteiger charge is 2.35. The van der Waals surface area contributed by atoms with Crippen molar-refractivity contribution in [2.75, 3.05) is 13.1 Å². The fraction of sp³-hybridized carbons (Fsp3) is 0.364. The highest BCUT2D eigenvalue weighted by molar-refractivity contribution is 9.10. The third-order valence-electron chi connectivity index (χ3n) is 3.08. The number of primary amides is 1. The summed E-state index contributed by atoms with van der Waals surface area (Å²) in [4.78, 5) is 10.9. The van der Waals surface area contributed by atoms with Gasteiger partial charge in [-0.05, 0) is 40.5 Å². The SMILES string of the molecule is NC(=O)C1CCN(S(=O)(=O)c2ccc(Br)c(F)c2)C1. The van der Waals surface area contributed by atoms with Crippen LogP contribution in [0.25, 0.3) is 0 Å². The Morgan fingerprint density at radius 3 is 2.68 bits per heavy atom. The van der Waals surface area contributed by atoms with Gasteiger partial charge in [-0.3, -0.25) is 4.79 Å². The molecule has 1 fully saturated rings. The number of benzene rings is 1. The van der Waals surface area contributed by atoms with Gasteiger partial charge in [-0.2, -0.15) is 4.31 Å². The lowest BCUT2D eigenvalue weighted by molar-refractivity contribution is -0.121. The fourth-order valence-corrected chi connectivity index (χ4v) is 3.72. The summed E-state index contributed by atoms with van der Waals surface area (Å²) in [6.07, 6.45) is 0.396. The minimum absolute atomic E-state index is 0.0509. The number of nitrogens with two attached hydrogens (primary N) is 1. The van der Waals surface area contributed by atoms with E-state index in [0.29, 0.717) is 6.42 Å². The van der Waals surface area contributed by atoms with E-state index in [-0.39, 0.29) is 22.5 Å². The summed E-state index contributed by atoms with van der Waals surface area (Å²) in [5.74, 6) is -1.64. The van der Waals surface area contributed by atoms with Crippen molar-refractivity contribution in [3.63, 3.8) is 0 Å². The number of rotatable bonds is 3. The molecule has 104 valence electrons. The Morgan fingerprint density at radius 1 is 1.47 bits per heavy atom. The number of nitrogens with zero attached hydrogens (tertiary/aromatic N) is 1. The maximum absolute atomic E-state index is 13.4. The molecule has 1 saturated heterocycles. The summed E-state index contributed by atoms with van der Waals surface area (Å²) in [5, 5.41) is 0. The summed E-state index contributed by atoms with van der Waals surface area (Å²) >= 11 is 2.96. The van der Waals surface area contributed by atoms with Gasteiger partial charge in [0.05, 0.1) is 15.3 Å². The quantitative estimate of drug-likeness (QED) is 0.885. The van der Waals surface area contributed by atoms with Crippen molar-refractivity contribution >= 4 is 31.9 Å². The Kier molecular flexibility index (Phi) is 3.93. The molecule has 0 saturated carbocycles. The zero-order chi connectivity index (χ0) is 14.2. The molecular weight excluding hydrogens is 339 g/mol. The van der Waals surface area contributed by atoms with E-state index in [4.69, 9.17) is 5.73 Å². The van der Waals surface area contributed by atoms with Crippen molar-refractivity contribution in [3.8, 4) is 0 Å². The summed E-state index contributed by atoms with van der Waals surface area (Å²) in [6.45, 7) is 0.267. The van der Waals surface area contributed by atoms with Crippen LogP contribution in [0, 0.1) is 11.7 Å². The van der Waals surface area contributed by atoms with Gasteiger partial charge in [0.2, 0.25) is 15.9 Å². The average Bonchev–Trinajstić information content (AvgIpc) is 2.82. The predicted octanol–water partition coefficient (Wildman–Crippen LogP) is 1.08. The number of sulfonamides is 1. The predicted molar refractivity (Wildman–Crippen MR) is 70.2 cm³/mol. The van der Waals surface area contributed by atoms with Crippen molar-refractivity contribution < 1.29 is 17.6 Å². The zero-order valence-corrected chi connectivity index (χ0v) is 12.2. The Hall–Kier alpha value is -0.990. The monoisotopic (exact) mass is 350 g/mol. The standard InChI is InChI=1S/C11H12BrFN2O3S/c12-9-2-1-8(5-10(9)13)19(17,18)15-4-3-7(6-15)11(14)16/h1-2,5,7H,3-4,6H2,(H2,14,16). The summed E-state index contributed by atoms with van der Waals surface area (Å²) in [6, 6.07) is 3.61. The van der Waals surface area contributed by atoms with E-state index in [2.05, 4.69) is 15.9 Å². The van der Waals surface area contributed by atoms with Crippen LogP contribution in [0.1, 0.15) is 6.42 Å². The van der Waals surface area contributed by atoms with Gasteiger partial charge in [0.25, 0.3) is 0 Å². The van der Waals surface area contributed by atoms with Crippen LogP contribution < -0.4 is 5.73 Å². The van der Waals surface area contributed by atoms with E-state index in [1.165, 1.54) is 12.1 Å². The molecule has 19 heavy (non-hydrogen) atoms. The van der Waals surface area contributed by atoms with Gasteiger partial charge in [-0.15, -0.1) is 0 Å². The Bertz CT molecular complexity index is 620. The molecule has 0 bridgehead atoms. The molecule has 1 unspecified atom stereocenters. The molecule has 1 aliphatic rings. The van der Waals surface area contributed by atoms with Crippen LogP contribution in [-0.4, -0.2) is 31.7 Å². The summed E-state index contributed by atoms with van der Waals surface area (Å²) in [5.41, 5.74) is 5.16. The van der Waals surface area contributed by atoms with E-state index in [1.807, 2.05) is 0 Å². The maximum Gasteiger partial charge on any atom is 0.243 e. The highest BCUT2D eigenvalue weighted by Crippen LogP contribution is 2.26. The van der Waals surface area contributed by atoms with Gasteiger partial charge in [-0.25, -0.2) is 12.8 Å². The molecule has 1 aromatic carbocycles. The second-order valence-corrected chi connectivity index (χ2v) is 7.12. The van der Waals surface area contributed by atoms with E-state index in [0.717, 1.165) is 10.4 Å². The molecule has 1 atom stereocenters. The number of carbonyl (C=O) groups excluding carboxylic acids is 1. The first-order chi connectivity index (χ1) is 8.82. The second-order valence-electron chi connectivity index (χ2n) is 4.33. The molecule has 0 aromatic heterocycles. The van der Waals surface area contributed by atoms with Crippen LogP contribution in [0.2, 0.25) is 0 Å². The van der Waals surface area contributed by atoms with Crippen molar-refractivity contribution in [2.45, 2.75) is 11.3 Å².